The van der Waals surface area contributed by atoms with Gasteiger partial charge in [-0.2, -0.15) is 5.10 Å². The first-order valence-corrected chi connectivity index (χ1v) is 9.59. The average Bonchev–Trinajstić information content (AvgIpc) is 3.29. The van der Waals surface area contributed by atoms with E-state index in [0.717, 1.165) is 24.0 Å². The Morgan fingerprint density at radius 3 is 2.78 bits per heavy atom. The van der Waals surface area contributed by atoms with Gasteiger partial charge in [-0.15, -0.1) is 0 Å². The fraction of sp³-hybridized carbons (Fsp3) is 0.476. The number of carbonyl (C=O) groups excluding carboxylic acids is 1. The molecule has 2 aliphatic rings. The minimum Gasteiger partial charge on any atom is -0.481 e. The molecule has 6 nitrogen and oxygen atoms in total. The van der Waals surface area contributed by atoms with Gasteiger partial charge in [-0.05, 0) is 47.9 Å². The van der Waals surface area contributed by atoms with E-state index in [1.165, 1.54) is 17.5 Å². The van der Waals surface area contributed by atoms with Crippen LogP contribution in [0.1, 0.15) is 41.0 Å². The van der Waals surface area contributed by atoms with Crippen molar-refractivity contribution < 1.29 is 14.7 Å². The third-order valence-electron chi connectivity index (χ3n) is 5.87. The van der Waals surface area contributed by atoms with Crippen LogP contribution in [0, 0.1) is 5.92 Å². The lowest BCUT2D eigenvalue weighted by molar-refractivity contribution is -0.146. The van der Waals surface area contributed by atoms with Crippen LogP contribution in [0.5, 0.6) is 0 Å². The van der Waals surface area contributed by atoms with E-state index in [2.05, 4.69) is 17.2 Å². The molecule has 1 aromatic carbocycles. The van der Waals surface area contributed by atoms with Crippen molar-refractivity contribution in [3.05, 3.63) is 52.8 Å². The van der Waals surface area contributed by atoms with E-state index in [9.17, 15) is 14.7 Å². The standard InChI is InChI=1S/C21H25N3O3/c1-23-11-19(10-22-23)17-9-18(21(26)27)13-24(12-17)20(25)8-14-5-6-15-3-2-4-16(15)7-14/h5-7,10-11,17-18H,2-4,8-9,12-13H2,1H3,(H,26,27). The van der Waals surface area contributed by atoms with E-state index in [1.807, 2.05) is 19.3 Å². The second kappa shape index (κ2) is 7.18. The molecule has 0 bridgehead atoms. The fourth-order valence-corrected chi connectivity index (χ4v) is 4.40. The van der Waals surface area contributed by atoms with E-state index in [4.69, 9.17) is 0 Å². The summed E-state index contributed by atoms with van der Waals surface area (Å²) in [5.74, 6) is -1.35. The number of hydrogen-bond donors (Lipinski definition) is 1. The number of rotatable bonds is 4. The Morgan fingerprint density at radius 2 is 2.04 bits per heavy atom. The minimum absolute atomic E-state index is 0.00721. The van der Waals surface area contributed by atoms with Crippen molar-refractivity contribution >= 4 is 11.9 Å². The number of aliphatic carboxylic acids is 1. The van der Waals surface area contributed by atoms with Gasteiger partial charge in [0.05, 0.1) is 18.5 Å². The predicted octanol–water partition coefficient (Wildman–Crippen LogP) is 2.17. The first-order chi connectivity index (χ1) is 13.0. The molecule has 2 unspecified atom stereocenters. The highest BCUT2D eigenvalue weighted by molar-refractivity contribution is 5.80. The number of aryl methyl sites for hydroxylation is 3. The van der Waals surface area contributed by atoms with Gasteiger partial charge in [0.1, 0.15) is 0 Å². The number of amides is 1. The van der Waals surface area contributed by atoms with Gasteiger partial charge in [-0.1, -0.05) is 18.2 Å². The maximum atomic E-state index is 12.9. The van der Waals surface area contributed by atoms with Gasteiger partial charge >= 0.3 is 5.97 Å². The van der Waals surface area contributed by atoms with Gasteiger partial charge in [0.25, 0.3) is 0 Å². The van der Waals surface area contributed by atoms with Crippen LogP contribution in [-0.4, -0.2) is 44.8 Å². The molecule has 27 heavy (non-hydrogen) atoms. The highest BCUT2D eigenvalue weighted by Gasteiger charge is 2.34. The summed E-state index contributed by atoms with van der Waals surface area (Å²) in [7, 11) is 1.85. The van der Waals surface area contributed by atoms with Crippen molar-refractivity contribution in [1.29, 1.82) is 0 Å². The monoisotopic (exact) mass is 367 g/mol. The first-order valence-electron chi connectivity index (χ1n) is 9.59. The van der Waals surface area contributed by atoms with Crippen LogP contribution in [0.4, 0.5) is 0 Å². The van der Waals surface area contributed by atoms with E-state index in [-0.39, 0.29) is 18.4 Å². The molecule has 2 aromatic rings. The molecule has 1 aliphatic heterocycles. The number of nitrogens with zero attached hydrogens (tertiary/aromatic N) is 3. The van der Waals surface area contributed by atoms with Crippen LogP contribution in [0.15, 0.2) is 30.6 Å². The highest BCUT2D eigenvalue weighted by Crippen LogP contribution is 2.31. The Labute approximate surface area is 158 Å². The first kappa shape index (κ1) is 17.8. The summed E-state index contributed by atoms with van der Waals surface area (Å²) < 4.78 is 1.72. The molecule has 1 fully saturated rings. The van der Waals surface area contributed by atoms with Crippen molar-refractivity contribution in [2.75, 3.05) is 13.1 Å². The van der Waals surface area contributed by atoms with Gasteiger partial charge in [-0.25, -0.2) is 0 Å². The van der Waals surface area contributed by atoms with Crippen molar-refractivity contribution in [1.82, 2.24) is 14.7 Å². The Bertz CT molecular complexity index is 873. The lowest BCUT2D eigenvalue weighted by atomic mass is 9.85. The molecular weight excluding hydrogens is 342 g/mol. The molecule has 142 valence electrons. The second-order valence-corrected chi connectivity index (χ2v) is 7.85. The van der Waals surface area contributed by atoms with Crippen molar-refractivity contribution in [2.45, 2.75) is 38.0 Å². The number of aromatic nitrogens is 2. The quantitative estimate of drug-likeness (QED) is 0.899. The van der Waals surface area contributed by atoms with Gasteiger partial charge in [0.2, 0.25) is 5.91 Å². The lowest BCUT2D eigenvalue weighted by Gasteiger charge is -2.36. The molecule has 4 rings (SSSR count). The number of likely N-dealkylation sites (tertiary alicyclic amines) is 1. The van der Waals surface area contributed by atoms with E-state index >= 15 is 0 Å². The molecule has 1 aliphatic carbocycles. The van der Waals surface area contributed by atoms with Crippen LogP contribution in [-0.2, 0) is 35.9 Å². The van der Waals surface area contributed by atoms with Crippen LogP contribution in [0.3, 0.4) is 0 Å². The maximum absolute atomic E-state index is 12.9. The zero-order chi connectivity index (χ0) is 19.0. The van der Waals surface area contributed by atoms with E-state index in [0.29, 0.717) is 19.4 Å². The van der Waals surface area contributed by atoms with Crippen LogP contribution in [0.25, 0.3) is 0 Å². The summed E-state index contributed by atoms with van der Waals surface area (Å²) in [6.07, 6.45) is 7.97. The number of piperidine rings is 1. The largest absolute Gasteiger partial charge is 0.481 e. The Morgan fingerprint density at radius 1 is 1.22 bits per heavy atom. The highest BCUT2D eigenvalue weighted by atomic mass is 16.4. The van der Waals surface area contributed by atoms with Crippen molar-refractivity contribution in [2.24, 2.45) is 13.0 Å². The maximum Gasteiger partial charge on any atom is 0.308 e. The molecule has 0 saturated carbocycles. The van der Waals surface area contributed by atoms with Crippen molar-refractivity contribution in [3.63, 3.8) is 0 Å². The molecule has 0 spiro atoms. The number of carboxylic acids is 1. The summed E-state index contributed by atoms with van der Waals surface area (Å²) in [6.45, 7) is 0.842. The van der Waals surface area contributed by atoms with E-state index in [1.54, 1.807) is 15.8 Å². The SMILES string of the molecule is Cn1cc(C2CC(C(=O)O)CN(C(=O)Cc3ccc4c(c3)CCC4)C2)cn1. The van der Waals surface area contributed by atoms with E-state index < -0.39 is 11.9 Å². The summed E-state index contributed by atoms with van der Waals surface area (Å²) in [4.78, 5) is 26.3. The zero-order valence-corrected chi connectivity index (χ0v) is 15.6. The lowest BCUT2D eigenvalue weighted by Crippen LogP contribution is -2.46. The molecule has 1 aromatic heterocycles. The summed E-state index contributed by atoms with van der Waals surface area (Å²) >= 11 is 0. The number of fused-ring (bicyclic) bond motifs is 1. The second-order valence-electron chi connectivity index (χ2n) is 7.85. The van der Waals surface area contributed by atoms with Crippen LogP contribution in [0.2, 0.25) is 0 Å². The molecule has 0 radical (unpaired) electrons. The van der Waals surface area contributed by atoms with Gasteiger partial charge in [-0.3, -0.25) is 14.3 Å². The Hall–Kier alpha value is -2.63. The predicted molar refractivity (Wildman–Crippen MR) is 100 cm³/mol. The average molecular weight is 367 g/mol. The molecule has 6 heteroatoms. The molecule has 1 N–H and O–H groups in total. The zero-order valence-electron chi connectivity index (χ0n) is 15.6. The molecule has 2 heterocycles. The molecule has 1 amide bonds. The number of hydrogen-bond acceptors (Lipinski definition) is 3. The molecule has 1 saturated heterocycles. The van der Waals surface area contributed by atoms with Gasteiger partial charge in [0.15, 0.2) is 0 Å². The van der Waals surface area contributed by atoms with Gasteiger partial charge in [0, 0.05) is 32.3 Å². The third kappa shape index (κ3) is 3.75. The Balaban J connectivity index is 1.50. The van der Waals surface area contributed by atoms with Crippen molar-refractivity contribution in [3.8, 4) is 0 Å². The van der Waals surface area contributed by atoms with Crippen LogP contribution < -0.4 is 0 Å². The number of carboxylic acid groups (broad SMARTS) is 1. The minimum atomic E-state index is -0.834. The summed E-state index contributed by atoms with van der Waals surface area (Å²) in [6, 6.07) is 6.33. The smallest absolute Gasteiger partial charge is 0.308 e. The molecule has 2 atom stereocenters. The summed E-state index contributed by atoms with van der Waals surface area (Å²) in [5.41, 5.74) is 4.78. The number of benzene rings is 1. The molecular formula is C21H25N3O3. The van der Waals surface area contributed by atoms with Gasteiger partial charge < -0.3 is 10.0 Å². The third-order valence-corrected chi connectivity index (χ3v) is 5.87. The fourth-order valence-electron chi connectivity index (χ4n) is 4.40. The topological polar surface area (TPSA) is 75.4 Å². The van der Waals surface area contributed by atoms with Crippen LogP contribution >= 0.6 is 0 Å². The number of carbonyl (C=O) groups is 2. The summed E-state index contributed by atoms with van der Waals surface area (Å²) in [5, 5.41) is 13.7. The Kier molecular flexibility index (Phi) is 4.72. The normalized spacial score (nSPS) is 21.9.